The van der Waals surface area contributed by atoms with Crippen LogP contribution in [0, 0.1) is 0 Å². The molecule has 6 heteroatoms. The minimum atomic E-state index is -3.60. The number of hydrogen-bond acceptors (Lipinski definition) is 4. The fourth-order valence-electron chi connectivity index (χ4n) is 1.70. The molecule has 4 nitrogen and oxygen atoms in total. The molecule has 0 amide bonds. The first-order chi connectivity index (χ1) is 8.95. The van der Waals surface area contributed by atoms with E-state index in [1.54, 1.807) is 24.3 Å². The van der Waals surface area contributed by atoms with Gasteiger partial charge in [0, 0.05) is 6.04 Å². The van der Waals surface area contributed by atoms with Crippen molar-refractivity contribution in [2.24, 2.45) is 5.14 Å². The number of sulfonamides is 1. The number of nitrogens with two attached hydrogens (primary N) is 1. The monoisotopic (exact) mass is 302 g/mol. The van der Waals surface area contributed by atoms with E-state index in [-0.39, 0.29) is 10.9 Å². The van der Waals surface area contributed by atoms with Crippen LogP contribution in [0.15, 0.2) is 29.2 Å². The normalized spacial score (nSPS) is 13.4. The van der Waals surface area contributed by atoms with E-state index < -0.39 is 10.0 Å². The van der Waals surface area contributed by atoms with Gasteiger partial charge in [0.1, 0.15) is 0 Å². The Morgan fingerprint density at radius 3 is 2.47 bits per heavy atom. The summed E-state index contributed by atoms with van der Waals surface area (Å²) in [5.41, 5.74) is 1.07. The molecular weight excluding hydrogens is 280 g/mol. The van der Waals surface area contributed by atoms with Crippen LogP contribution in [-0.2, 0) is 10.0 Å². The lowest BCUT2D eigenvalue weighted by Gasteiger charge is -2.14. The number of thioether (sulfide) groups is 1. The van der Waals surface area contributed by atoms with Crippen LogP contribution in [0.25, 0.3) is 0 Å². The molecule has 0 spiro atoms. The molecular formula is C13H22N2O2S2. The van der Waals surface area contributed by atoms with Crippen molar-refractivity contribution in [3.05, 3.63) is 29.8 Å². The second-order valence-corrected chi connectivity index (χ2v) is 7.30. The van der Waals surface area contributed by atoms with E-state index >= 15 is 0 Å². The molecule has 19 heavy (non-hydrogen) atoms. The molecule has 1 aromatic carbocycles. The molecule has 0 heterocycles. The maximum atomic E-state index is 11.1. The van der Waals surface area contributed by atoms with Gasteiger partial charge in [0.15, 0.2) is 0 Å². The van der Waals surface area contributed by atoms with Gasteiger partial charge in [-0.15, -0.1) is 0 Å². The van der Waals surface area contributed by atoms with E-state index in [1.807, 2.05) is 11.8 Å². The Balaban J connectivity index is 2.47. The van der Waals surface area contributed by atoms with Gasteiger partial charge in [-0.25, -0.2) is 13.6 Å². The lowest BCUT2D eigenvalue weighted by molar-refractivity contribution is 0.571. The molecule has 0 radical (unpaired) electrons. The molecule has 1 aromatic rings. The predicted octanol–water partition coefficient (Wildman–Crippen LogP) is 2.13. The van der Waals surface area contributed by atoms with Crippen molar-refractivity contribution in [1.29, 1.82) is 0 Å². The van der Waals surface area contributed by atoms with Gasteiger partial charge in [-0.2, -0.15) is 11.8 Å². The molecule has 0 saturated heterocycles. The number of hydrogen-bond donors (Lipinski definition) is 2. The number of benzene rings is 1. The van der Waals surface area contributed by atoms with Crippen molar-refractivity contribution in [2.75, 3.05) is 18.1 Å². The Bertz CT molecular complexity index is 472. The van der Waals surface area contributed by atoms with Crippen molar-refractivity contribution in [3.63, 3.8) is 0 Å². The third-order valence-electron chi connectivity index (χ3n) is 2.83. The molecule has 3 N–H and O–H groups in total. The molecule has 0 bridgehead atoms. The first kappa shape index (κ1) is 16.5. The maximum Gasteiger partial charge on any atom is 0.238 e. The Morgan fingerprint density at radius 2 is 1.95 bits per heavy atom. The average Bonchev–Trinajstić information content (AvgIpc) is 2.37. The predicted molar refractivity (Wildman–Crippen MR) is 81.8 cm³/mol. The molecule has 0 aliphatic carbocycles. The first-order valence-electron chi connectivity index (χ1n) is 6.39. The third-order valence-corrected chi connectivity index (χ3v) is 4.74. The Hall–Kier alpha value is -0.560. The molecule has 1 atom stereocenters. The summed E-state index contributed by atoms with van der Waals surface area (Å²) >= 11 is 1.94. The van der Waals surface area contributed by atoms with Crippen LogP contribution in [0.2, 0.25) is 0 Å². The van der Waals surface area contributed by atoms with Gasteiger partial charge in [-0.3, -0.25) is 0 Å². The zero-order valence-corrected chi connectivity index (χ0v) is 13.1. The van der Waals surface area contributed by atoms with Gasteiger partial charge in [-0.05, 0) is 49.1 Å². The molecule has 108 valence electrons. The highest BCUT2D eigenvalue weighted by atomic mass is 32.2. The highest BCUT2D eigenvalue weighted by molar-refractivity contribution is 7.99. The smallest absolute Gasteiger partial charge is 0.238 e. The zero-order valence-electron chi connectivity index (χ0n) is 11.4. The van der Waals surface area contributed by atoms with Crippen molar-refractivity contribution in [3.8, 4) is 0 Å². The number of nitrogens with one attached hydrogen (secondary N) is 1. The Kier molecular flexibility index (Phi) is 6.85. The second-order valence-electron chi connectivity index (χ2n) is 4.34. The van der Waals surface area contributed by atoms with Gasteiger partial charge >= 0.3 is 0 Å². The van der Waals surface area contributed by atoms with E-state index in [9.17, 15) is 8.42 Å². The van der Waals surface area contributed by atoms with Crippen molar-refractivity contribution >= 4 is 21.8 Å². The molecule has 1 rings (SSSR count). The maximum absolute atomic E-state index is 11.1. The van der Waals surface area contributed by atoms with E-state index in [1.165, 1.54) is 5.75 Å². The summed E-state index contributed by atoms with van der Waals surface area (Å²) in [6.07, 6.45) is 1.14. The fourth-order valence-corrected chi connectivity index (χ4v) is 2.85. The van der Waals surface area contributed by atoms with E-state index in [4.69, 9.17) is 5.14 Å². The van der Waals surface area contributed by atoms with E-state index in [0.29, 0.717) is 0 Å². The van der Waals surface area contributed by atoms with Gasteiger partial charge in [0.2, 0.25) is 10.0 Å². The molecule has 0 aromatic heterocycles. The fraction of sp³-hybridized carbons (Fsp3) is 0.538. The van der Waals surface area contributed by atoms with E-state index in [2.05, 4.69) is 19.2 Å². The summed E-state index contributed by atoms with van der Waals surface area (Å²) in [4.78, 5) is 0.155. The number of primary sulfonamides is 1. The van der Waals surface area contributed by atoms with E-state index in [0.717, 1.165) is 24.3 Å². The van der Waals surface area contributed by atoms with Crippen LogP contribution in [0.3, 0.4) is 0 Å². The minimum absolute atomic E-state index is 0.155. The quantitative estimate of drug-likeness (QED) is 0.722. The van der Waals surface area contributed by atoms with Crippen LogP contribution in [0.4, 0.5) is 0 Å². The first-order valence-corrected chi connectivity index (χ1v) is 9.09. The van der Waals surface area contributed by atoms with Gasteiger partial charge < -0.3 is 5.32 Å². The zero-order chi connectivity index (χ0) is 14.3. The lowest BCUT2D eigenvalue weighted by atomic mass is 10.1. The third kappa shape index (κ3) is 5.95. The Labute approximate surface area is 120 Å². The minimum Gasteiger partial charge on any atom is -0.310 e. The summed E-state index contributed by atoms with van der Waals surface area (Å²) in [6.45, 7) is 5.19. The molecule has 1 unspecified atom stereocenters. The summed E-state index contributed by atoms with van der Waals surface area (Å²) in [5, 5.41) is 8.49. The van der Waals surface area contributed by atoms with Crippen molar-refractivity contribution in [1.82, 2.24) is 5.32 Å². The highest BCUT2D eigenvalue weighted by Gasteiger charge is 2.09. The van der Waals surface area contributed by atoms with Crippen molar-refractivity contribution < 1.29 is 8.42 Å². The second kappa shape index (κ2) is 7.89. The van der Waals surface area contributed by atoms with Gasteiger partial charge in [-0.1, -0.05) is 19.1 Å². The average molecular weight is 302 g/mol. The molecule has 0 saturated carbocycles. The SMILES string of the molecule is CCSCCCNC(C)c1ccc(S(N)(=O)=O)cc1. The van der Waals surface area contributed by atoms with Crippen LogP contribution >= 0.6 is 11.8 Å². The largest absolute Gasteiger partial charge is 0.310 e. The summed E-state index contributed by atoms with van der Waals surface area (Å²) < 4.78 is 22.3. The summed E-state index contributed by atoms with van der Waals surface area (Å²) in [7, 11) is -3.60. The number of rotatable bonds is 8. The van der Waals surface area contributed by atoms with Crippen LogP contribution in [-0.4, -0.2) is 26.5 Å². The topological polar surface area (TPSA) is 72.2 Å². The Morgan fingerprint density at radius 1 is 1.32 bits per heavy atom. The molecule has 0 aliphatic heterocycles. The highest BCUT2D eigenvalue weighted by Crippen LogP contribution is 2.15. The van der Waals surface area contributed by atoms with Crippen LogP contribution < -0.4 is 10.5 Å². The van der Waals surface area contributed by atoms with Crippen LogP contribution in [0.5, 0.6) is 0 Å². The van der Waals surface area contributed by atoms with Gasteiger partial charge in [0.05, 0.1) is 4.90 Å². The van der Waals surface area contributed by atoms with Gasteiger partial charge in [0.25, 0.3) is 0 Å². The standard InChI is InChI=1S/C13H22N2O2S2/c1-3-18-10-4-9-15-11(2)12-5-7-13(8-6-12)19(14,16)17/h5-8,11,15H,3-4,9-10H2,1-2H3,(H2,14,16,17). The summed E-state index contributed by atoms with van der Waals surface area (Å²) in [6, 6.07) is 6.92. The molecule has 0 fully saturated rings. The molecule has 0 aliphatic rings. The summed E-state index contributed by atoms with van der Waals surface area (Å²) in [5.74, 6) is 2.32. The van der Waals surface area contributed by atoms with Crippen LogP contribution in [0.1, 0.15) is 31.9 Å². The van der Waals surface area contributed by atoms with Crippen molar-refractivity contribution in [2.45, 2.75) is 31.2 Å². The lowest BCUT2D eigenvalue weighted by Crippen LogP contribution is -2.20.